The van der Waals surface area contributed by atoms with Gasteiger partial charge in [0.05, 0.1) is 12.7 Å². The molecule has 0 unspecified atom stereocenters. The van der Waals surface area contributed by atoms with Crippen LogP contribution < -0.4 is 0 Å². The molecule has 1 aliphatic heterocycles. The van der Waals surface area contributed by atoms with Gasteiger partial charge in [0.2, 0.25) is 0 Å². The highest BCUT2D eigenvalue weighted by molar-refractivity contribution is 9.10. The van der Waals surface area contributed by atoms with Crippen molar-refractivity contribution >= 4 is 15.9 Å². The number of rotatable bonds is 3. The highest BCUT2D eigenvalue weighted by Crippen LogP contribution is 2.35. The van der Waals surface area contributed by atoms with E-state index in [0.29, 0.717) is 12.7 Å². The summed E-state index contributed by atoms with van der Waals surface area (Å²) in [6.45, 7) is 1.11. The number of ether oxygens (including phenoxy) is 2. The van der Waals surface area contributed by atoms with E-state index in [-0.39, 0.29) is 6.10 Å². The zero-order valence-electron chi connectivity index (χ0n) is 11.2. The summed E-state index contributed by atoms with van der Waals surface area (Å²) in [5, 5.41) is 0. The molecule has 0 aliphatic carbocycles. The van der Waals surface area contributed by atoms with Crippen molar-refractivity contribution in [2.24, 2.45) is 5.92 Å². The minimum absolute atomic E-state index is 0.0829. The minimum Gasteiger partial charge on any atom is -0.355 e. The van der Waals surface area contributed by atoms with Crippen molar-refractivity contribution in [3.63, 3.8) is 0 Å². The molecule has 0 spiro atoms. The summed E-state index contributed by atoms with van der Waals surface area (Å²) in [6, 6.07) is 18.8. The molecule has 3 heteroatoms. The summed E-state index contributed by atoms with van der Waals surface area (Å²) in [6.07, 6.45) is 1.05. The Hall–Kier alpha value is -1.16. The van der Waals surface area contributed by atoms with E-state index in [1.165, 1.54) is 11.1 Å². The molecule has 0 N–H and O–H groups in total. The Kier molecular flexibility index (Phi) is 4.51. The van der Waals surface area contributed by atoms with E-state index < -0.39 is 0 Å². The molecule has 1 aliphatic rings. The van der Waals surface area contributed by atoms with Crippen LogP contribution in [0.2, 0.25) is 0 Å². The maximum Gasteiger partial charge on any atom is 0.147 e. The Bertz CT molecular complexity index is 556. The summed E-state index contributed by atoms with van der Waals surface area (Å²) in [5.74, 6) is 0.338. The maximum atomic E-state index is 5.88. The average Bonchev–Trinajstić information content (AvgIpc) is 2.50. The first kappa shape index (κ1) is 13.8. The van der Waals surface area contributed by atoms with Crippen LogP contribution in [0.25, 0.3) is 0 Å². The SMILES string of the molecule is Brc1ccccc1[C@@H]1OCOC[C@H]1Cc1ccccc1. The molecule has 2 nitrogen and oxygen atoms in total. The van der Waals surface area contributed by atoms with Crippen LogP contribution in [0.1, 0.15) is 17.2 Å². The lowest BCUT2D eigenvalue weighted by Gasteiger charge is -2.32. The first-order valence-corrected chi connectivity index (χ1v) is 7.61. The third kappa shape index (κ3) is 3.11. The number of hydrogen-bond donors (Lipinski definition) is 0. The first-order chi connectivity index (χ1) is 9.84. The monoisotopic (exact) mass is 332 g/mol. The second-order valence-corrected chi connectivity index (χ2v) is 5.90. The van der Waals surface area contributed by atoms with Gasteiger partial charge in [0.1, 0.15) is 6.79 Å². The fourth-order valence-electron chi connectivity index (χ4n) is 2.68. The Balaban J connectivity index is 1.83. The van der Waals surface area contributed by atoms with Gasteiger partial charge in [0.25, 0.3) is 0 Å². The third-order valence-electron chi connectivity index (χ3n) is 3.64. The van der Waals surface area contributed by atoms with Crippen LogP contribution in [0.5, 0.6) is 0 Å². The van der Waals surface area contributed by atoms with Crippen molar-refractivity contribution in [2.75, 3.05) is 13.4 Å². The van der Waals surface area contributed by atoms with Crippen molar-refractivity contribution in [1.29, 1.82) is 0 Å². The summed E-state index contributed by atoms with van der Waals surface area (Å²) >= 11 is 3.62. The molecule has 3 rings (SSSR count). The molecular formula is C17H17BrO2. The van der Waals surface area contributed by atoms with Gasteiger partial charge in [-0.05, 0) is 23.6 Å². The van der Waals surface area contributed by atoms with Gasteiger partial charge in [-0.1, -0.05) is 64.5 Å². The van der Waals surface area contributed by atoms with Crippen molar-refractivity contribution in [3.05, 3.63) is 70.2 Å². The zero-order valence-corrected chi connectivity index (χ0v) is 12.8. The van der Waals surface area contributed by atoms with E-state index in [9.17, 15) is 0 Å². The first-order valence-electron chi connectivity index (χ1n) is 6.82. The van der Waals surface area contributed by atoms with E-state index in [1.54, 1.807) is 0 Å². The van der Waals surface area contributed by atoms with Crippen molar-refractivity contribution in [2.45, 2.75) is 12.5 Å². The molecular weight excluding hydrogens is 316 g/mol. The Labute approximate surface area is 127 Å². The Morgan fingerprint density at radius 1 is 1.00 bits per heavy atom. The van der Waals surface area contributed by atoms with Gasteiger partial charge in [0, 0.05) is 10.4 Å². The van der Waals surface area contributed by atoms with Crippen LogP contribution in [-0.2, 0) is 15.9 Å². The summed E-state index contributed by atoms with van der Waals surface area (Å²) in [4.78, 5) is 0. The van der Waals surface area contributed by atoms with Crippen LogP contribution in [0.4, 0.5) is 0 Å². The molecule has 1 heterocycles. The lowest BCUT2D eigenvalue weighted by molar-refractivity contribution is -0.172. The van der Waals surface area contributed by atoms with Crippen LogP contribution in [-0.4, -0.2) is 13.4 Å². The van der Waals surface area contributed by atoms with Crippen LogP contribution in [0.15, 0.2) is 59.1 Å². The van der Waals surface area contributed by atoms with Gasteiger partial charge in [-0.2, -0.15) is 0 Å². The Morgan fingerprint density at radius 2 is 1.75 bits per heavy atom. The third-order valence-corrected chi connectivity index (χ3v) is 4.37. The van der Waals surface area contributed by atoms with Crippen molar-refractivity contribution in [1.82, 2.24) is 0 Å². The summed E-state index contributed by atoms with van der Waals surface area (Å²) in [5.41, 5.74) is 2.53. The molecule has 20 heavy (non-hydrogen) atoms. The Morgan fingerprint density at radius 3 is 2.55 bits per heavy atom. The molecule has 0 bridgehead atoms. The van der Waals surface area contributed by atoms with E-state index in [4.69, 9.17) is 9.47 Å². The smallest absolute Gasteiger partial charge is 0.147 e. The molecule has 1 fully saturated rings. The van der Waals surface area contributed by atoms with Gasteiger partial charge in [-0.3, -0.25) is 0 Å². The number of benzene rings is 2. The highest BCUT2D eigenvalue weighted by Gasteiger charge is 2.29. The van der Waals surface area contributed by atoms with Crippen molar-refractivity contribution in [3.8, 4) is 0 Å². The van der Waals surface area contributed by atoms with Gasteiger partial charge in [0.15, 0.2) is 0 Å². The van der Waals surface area contributed by atoms with Crippen LogP contribution in [0, 0.1) is 5.92 Å². The lowest BCUT2D eigenvalue weighted by Crippen LogP contribution is -2.30. The summed E-state index contributed by atoms with van der Waals surface area (Å²) < 4.78 is 12.5. The van der Waals surface area contributed by atoms with Gasteiger partial charge in [-0.15, -0.1) is 0 Å². The summed E-state index contributed by atoms with van der Waals surface area (Å²) in [7, 11) is 0. The molecule has 1 saturated heterocycles. The molecule has 2 atom stereocenters. The van der Waals surface area contributed by atoms with Crippen LogP contribution >= 0.6 is 15.9 Å². The maximum absolute atomic E-state index is 5.88. The van der Waals surface area contributed by atoms with Crippen LogP contribution in [0.3, 0.4) is 0 Å². The average molecular weight is 333 g/mol. The highest BCUT2D eigenvalue weighted by atomic mass is 79.9. The molecule has 0 aromatic heterocycles. The predicted molar refractivity (Wildman–Crippen MR) is 82.4 cm³/mol. The molecule has 2 aromatic rings. The fourth-order valence-corrected chi connectivity index (χ4v) is 3.19. The second kappa shape index (κ2) is 6.53. The van der Waals surface area contributed by atoms with E-state index in [2.05, 4.69) is 58.4 Å². The van der Waals surface area contributed by atoms with Gasteiger partial charge in [-0.25, -0.2) is 0 Å². The molecule has 104 valence electrons. The molecule has 0 saturated carbocycles. The topological polar surface area (TPSA) is 18.5 Å². The second-order valence-electron chi connectivity index (χ2n) is 5.05. The van der Waals surface area contributed by atoms with E-state index in [0.717, 1.165) is 17.5 Å². The quantitative estimate of drug-likeness (QED) is 0.831. The largest absolute Gasteiger partial charge is 0.355 e. The zero-order chi connectivity index (χ0) is 13.8. The fraction of sp³-hybridized carbons (Fsp3) is 0.294. The van der Waals surface area contributed by atoms with Gasteiger partial charge >= 0.3 is 0 Å². The van der Waals surface area contributed by atoms with E-state index in [1.807, 2.05) is 12.1 Å². The van der Waals surface area contributed by atoms with Crippen molar-refractivity contribution < 1.29 is 9.47 Å². The number of hydrogen-bond acceptors (Lipinski definition) is 2. The minimum atomic E-state index is 0.0829. The van der Waals surface area contributed by atoms with Gasteiger partial charge < -0.3 is 9.47 Å². The normalized spacial score (nSPS) is 22.6. The molecule has 0 radical (unpaired) electrons. The molecule has 0 amide bonds. The standard InChI is InChI=1S/C17H17BrO2/c18-16-9-5-4-8-15(16)17-14(11-19-12-20-17)10-13-6-2-1-3-7-13/h1-9,14,17H,10-12H2/t14-,17-/m1/s1. The van der Waals surface area contributed by atoms with E-state index >= 15 is 0 Å². The lowest BCUT2D eigenvalue weighted by atomic mass is 9.90. The molecule has 2 aromatic carbocycles. The number of halogens is 1. The predicted octanol–water partition coefficient (Wildman–Crippen LogP) is 4.35.